The number of nitrogens with two attached hydrogens (primary N) is 2. The van der Waals surface area contributed by atoms with Crippen molar-refractivity contribution in [2.75, 3.05) is 19.6 Å². The van der Waals surface area contributed by atoms with Crippen molar-refractivity contribution in [1.29, 1.82) is 0 Å². The minimum absolute atomic E-state index is 0.402. The third-order valence-electron chi connectivity index (χ3n) is 3.64. The Kier molecular flexibility index (Phi) is 9.88. The van der Waals surface area contributed by atoms with E-state index in [1.807, 2.05) is 0 Å². The number of hydrogen-bond acceptors (Lipinski definition) is 3. The molecular formula is C15H33N3O. The van der Waals surface area contributed by atoms with Crippen molar-refractivity contribution in [3.8, 4) is 0 Å². The Hall–Kier alpha value is -0.610. The Balaban J connectivity index is 3.87. The predicted molar refractivity (Wildman–Crippen MR) is 81.9 cm³/mol. The Bertz CT molecular complexity index is 234. The fourth-order valence-electron chi connectivity index (χ4n) is 2.05. The highest BCUT2D eigenvalue weighted by atomic mass is 16.1. The molecule has 1 unspecified atom stereocenters. The number of nitrogens with zero attached hydrogens (tertiary/aromatic N) is 1. The summed E-state index contributed by atoms with van der Waals surface area (Å²) < 4.78 is 0. The van der Waals surface area contributed by atoms with E-state index in [0.717, 1.165) is 19.4 Å². The third-order valence-corrected chi connectivity index (χ3v) is 3.64. The standard InChI is InChI=1S/C15H33N3O/c1-4-6-11-18(12-7-5-2)13-9-8-10-15(3,17)14(16)19/h4-13,17H2,1-3H3,(H2,16,19). The van der Waals surface area contributed by atoms with Crippen LogP contribution in [-0.4, -0.2) is 36.0 Å². The number of rotatable bonds is 12. The minimum atomic E-state index is -0.850. The number of hydrogen-bond donors (Lipinski definition) is 2. The molecule has 0 aliphatic carbocycles. The summed E-state index contributed by atoms with van der Waals surface area (Å²) in [6.45, 7) is 9.66. The Morgan fingerprint density at radius 2 is 1.47 bits per heavy atom. The van der Waals surface area contributed by atoms with Crippen LogP contribution in [0, 0.1) is 0 Å². The molecule has 0 saturated carbocycles. The summed E-state index contributed by atoms with van der Waals surface area (Å²) in [5.74, 6) is -0.402. The van der Waals surface area contributed by atoms with Gasteiger partial charge in [-0.1, -0.05) is 26.7 Å². The van der Waals surface area contributed by atoms with Crippen molar-refractivity contribution in [3.05, 3.63) is 0 Å². The van der Waals surface area contributed by atoms with Gasteiger partial charge in [0.15, 0.2) is 0 Å². The lowest BCUT2D eigenvalue weighted by Crippen LogP contribution is -2.49. The molecule has 0 aromatic carbocycles. The normalized spacial score (nSPS) is 14.6. The third kappa shape index (κ3) is 9.00. The zero-order valence-corrected chi connectivity index (χ0v) is 13.1. The molecule has 0 spiro atoms. The van der Waals surface area contributed by atoms with E-state index >= 15 is 0 Å². The molecule has 0 fully saturated rings. The molecule has 0 aromatic rings. The van der Waals surface area contributed by atoms with Gasteiger partial charge in [0.1, 0.15) is 0 Å². The monoisotopic (exact) mass is 271 g/mol. The number of unbranched alkanes of at least 4 members (excludes halogenated alkanes) is 3. The molecule has 1 atom stereocenters. The molecule has 4 heteroatoms. The van der Waals surface area contributed by atoms with Crippen molar-refractivity contribution >= 4 is 5.91 Å². The van der Waals surface area contributed by atoms with Crippen LogP contribution < -0.4 is 11.5 Å². The van der Waals surface area contributed by atoms with Crippen LogP contribution in [0.25, 0.3) is 0 Å². The fourth-order valence-corrected chi connectivity index (χ4v) is 2.05. The lowest BCUT2D eigenvalue weighted by atomic mass is 9.95. The highest BCUT2D eigenvalue weighted by molar-refractivity contribution is 5.83. The lowest BCUT2D eigenvalue weighted by Gasteiger charge is -2.24. The van der Waals surface area contributed by atoms with E-state index in [1.54, 1.807) is 6.92 Å². The van der Waals surface area contributed by atoms with Crippen molar-refractivity contribution in [3.63, 3.8) is 0 Å². The van der Waals surface area contributed by atoms with E-state index in [2.05, 4.69) is 18.7 Å². The summed E-state index contributed by atoms with van der Waals surface area (Å²) in [5, 5.41) is 0. The van der Waals surface area contributed by atoms with Gasteiger partial charge in [-0.3, -0.25) is 4.79 Å². The fraction of sp³-hybridized carbons (Fsp3) is 0.933. The van der Waals surface area contributed by atoms with Crippen molar-refractivity contribution in [2.24, 2.45) is 11.5 Å². The van der Waals surface area contributed by atoms with Gasteiger partial charge < -0.3 is 16.4 Å². The molecule has 1 amide bonds. The second kappa shape index (κ2) is 10.2. The van der Waals surface area contributed by atoms with Gasteiger partial charge in [-0.15, -0.1) is 0 Å². The van der Waals surface area contributed by atoms with Crippen LogP contribution in [0.1, 0.15) is 65.7 Å². The maximum atomic E-state index is 11.1. The molecule has 4 N–H and O–H groups in total. The van der Waals surface area contributed by atoms with Crippen LogP contribution in [0.4, 0.5) is 0 Å². The lowest BCUT2D eigenvalue weighted by molar-refractivity contribution is -0.122. The molecule has 0 aromatic heterocycles. The number of carbonyl (C=O) groups excluding carboxylic acids is 1. The van der Waals surface area contributed by atoms with E-state index in [-0.39, 0.29) is 0 Å². The summed E-state index contributed by atoms with van der Waals surface area (Å²) in [6.07, 6.45) is 7.74. The summed E-state index contributed by atoms with van der Waals surface area (Å²) in [5.41, 5.74) is 10.3. The van der Waals surface area contributed by atoms with Crippen molar-refractivity contribution in [2.45, 2.75) is 71.3 Å². The number of carbonyl (C=O) groups is 1. The average Bonchev–Trinajstić information content (AvgIpc) is 2.36. The van der Waals surface area contributed by atoms with Gasteiger partial charge in [0.05, 0.1) is 5.54 Å². The topological polar surface area (TPSA) is 72.3 Å². The summed E-state index contributed by atoms with van der Waals surface area (Å²) in [6, 6.07) is 0. The molecular weight excluding hydrogens is 238 g/mol. The summed E-state index contributed by atoms with van der Waals surface area (Å²) in [7, 11) is 0. The van der Waals surface area contributed by atoms with Crippen LogP contribution >= 0.6 is 0 Å². The highest BCUT2D eigenvalue weighted by Gasteiger charge is 2.24. The molecule has 0 aliphatic rings. The number of primary amides is 1. The first-order valence-electron chi connectivity index (χ1n) is 7.75. The van der Waals surface area contributed by atoms with Crippen molar-refractivity contribution < 1.29 is 4.79 Å². The minimum Gasteiger partial charge on any atom is -0.368 e. The van der Waals surface area contributed by atoms with Gasteiger partial charge in [0, 0.05) is 0 Å². The van der Waals surface area contributed by atoms with E-state index in [1.165, 1.54) is 38.8 Å². The molecule has 0 saturated heterocycles. The van der Waals surface area contributed by atoms with Gasteiger partial charge in [-0.05, 0) is 58.7 Å². The van der Waals surface area contributed by atoms with Gasteiger partial charge in [-0.2, -0.15) is 0 Å². The first-order chi connectivity index (χ1) is 8.94. The molecule has 0 bridgehead atoms. The Labute approximate surface area is 118 Å². The van der Waals surface area contributed by atoms with Gasteiger partial charge in [-0.25, -0.2) is 0 Å². The molecule has 114 valence electrons. The van der Waals surface area contributed by atoms with Gasteiger partial charge in [0.25, 0.3) is 0 Å². The maximum Gasteiger partial charge on any atom is 0.237 e. The van der Waals surface area contributed by atoms with Gasteiger partial charge >= 0.3 is 0 Å². The molecule has 0 radical (unpaired) electrons. The second-order valence-corrected chi connectivity index (χ2v) is 5.79. The Morgan fingerprint density at radius 3 is 1.89 bits per heavy atom. The zero-order chi connectivity index (χ0) is 14.7. The second-order valence-electron chi connectivity index (χ2n) is 5.79. The van der Waals surface area contributed by atoms with E-state index in [4.69, 9.17) is 11.5 Å². The smallest absolute Gasteiger partial charge is 0.237 e. The van der Waals surface area contributed by atoms with Gasteiger partial charge in [0.2, 0.25) is 5.91 Å². The molecule has 19 heavy (non-hydrogen) atoms. The van der Waals surface area contributed by atoms with Crippen LogP contribution in [0.15, 0.2) is 0 Å². The van der Waals surface area contributed by atoms with Crippen LogP contribution in [0.3, 0.4) is 0 Å². The first kappa shape index (κ1) is 18.4. The zero-order valence-electron chi connectivity index (χ0n) is 13.1. The molecule has 0 aliphatic heterocycles. The van der Waals surface area contributed by atoms with Crippen LogP contribution in [0.2, 0.25) is 0 Å². The molecule has 0 heterocycles. The SMILES string of the molecule is CCCCN(CCCC)CCCCC(C)(N)C(N)=O. The van der Waals surface area contributed by atoms with E-state index in [9.17, 15) is 4.79 Å². The summed E-state index contributed by atoms with van der Waals surface area (Å²) >= 11 is 0. The van der Waals surface area contributed by atoms with Crippen LogP contribution in [0.5, 0.6) is 0 Å². The molecule has 0 rings (SSSR count). The Morgan fingerprint density at radius 1 is 1.00 bits per heavy atom. The van der Waals surface area contributed by atoms with E-state index in [0.29, 0.717) is 6.42 Å². The largest absolute Gasteiger partial charge is 0.368 e. The van der Waals surface area contributed by atoms with Crippen molar-refractivity contribution in [1.82, 2.24) is 4.90 Å². The quantitative estimate of drug-likeness (QED) is 0.535. The van der Waals surface area contributed by atoms with E-state index < -0.39 is 11.4 Å². The number of amides is 1. The van der Waals surface area contributed by atoms with Crippen LogP contribution in [-0.2, 0) is 4.79 Å². The maximum absolute atomic E-state index is 11.1. The molecule has 4 nitrogen and oxygen atoms in total. The average molecular weight is 271 g/mol. The summed E-state index contributed by atoms with van der Waals surface area (Å²) in [4.78, 5) is 13.7. The first-order valence-corrected chi connectivity index (χ1v) is 7.75. The highest BCUT2D eigenvalue weighted by Crippen LogP contribution is 2.11. The predicted octanol–water partition coefficient (Wildman–Crippen LogP) is 2.26.